The molecule has 0 saturated carbocycles. The van der Waals surface area contributed by atoms with E-state index in [0.717, 1.165) is 7.14 Å². The highest BCUT2D eigenvalue weighted by Crippen LogP contribution is 2.06. The molecule has 4 N–H and O–H groups in total. The number of hydrogen-bond acceptors (Lipinski definition) is 6. The van der Waals surface area contributed by atoms with Crippen LogP contribution in [0.1, 0.15) is 0 Å². The van der Waals surface area contributed by atoms with E-state index in [9.17, 15) is 0 Å². The van der Waals surface area contributed by atoms with Gasteiger partial charge in [-0.15, -0.1) is 0 Å². The lowest BCUT2D eigenvalue weighted by Gasteiger charge is -1.92. The van der Waals surface area contributed by atoms with Crippen molar-refractivity contribution in [2.45, 2.75) is 0 Å². The Labute approximate surface area is 135 Å². The van der Waals surface area contributed by atoms with Crippen LogP contribution in [0, 0.1) is 7.14 Å². The van der Waals surface area contributed by atoms with Crippen LogP contribution in [0.15, 0.2) is 27.7 Å². The molecule has 0 amide bonds. The van der Waals surface area contributed by atoms with Gasteiger partial charge in [-0.05, 0) is 50.6 Å². The van der Waals surface area contributed by atoms with Gasteiger partial charge in [-0.2, -0.15) is 11.3 Å². The standard InChI is InChI=1S/C4H4BIO3.C4H4BIO2S/c2*6-4-2-9-1-3(4)5(7)8/h2*1-2,7-8H. The van der Waals surface area contributed by atoms with E-state index < -0.39 is 14.2 Å². The summed E-state index contributed by atoms with van der Waals surface area (Å²) in [6.07, 6.45) is 2.77. The van der Waals surface area contributed by atoms with Gasteiger partial charge in [0, 0.05) is 19.9 Å². The maximum atomic E-state index is 8.65. The van der Waals surface area contributed by atoms with E-state index in [1.54, 1.807) is 5.38 Å². The molecule has 18 heavy (non-hydrogen) atoms. The molecule has 0 saturated heterocycles. The largest absolute Gasteiger partial charge is 0.492 e. The van der Waals surface area contributed by atoms with Gasteiger partial charge in [0.25, 0.3) is 0 Å². The van der Waals surface area contributed by atoms with Crippen LogP contribution in [0.3, 0.4) is 0 Å². The molecule has 0 bridgehead atoms. The quantitative estimate of drug-likeness (QED) is 0.339. The molecule has 0 aliphatic heterocycles. The number of rotatable bonds is 2. The normalized spacial score (nSPS) is 9.67. The van der Waals surface area contributed by atoms with E-state index in [1.807, 2.05) is 28.0 Å². The van der Waals surface area contributed by atoms with E-state index in [1.165, 1.54) is 23.9 Å². The van der Waals surface area contributed by atoms with Gasteiger partial charge in [0.15, 0.2) is 0 Å². The van der Waals surface area contributed by atoms with Crippen molar-refractivity contribution in [1.29, 1.82) is 0 Å². The van der Waals surface area contributed by atoms with Crippen molar-refractivity contribution in [2.24, 2.45) is 0 Å². The topological polar surface area (TPSA) is 94.1 Å². The number of halogens is 2. The van der Waals surface area contributed by atoms with Crippen LogP contribution in [-0.2, 0) is 0 Å². The zero-order valence-corrected chi connectivity index (χ0v) is 14.0. The molecule has 0 unspecified atom stereocenters. The summed E-state index contributed by atoms with van der Waals surface area (Å²) in [6.45, 7) is 0. The smallest absolute Gasteiger partial charge is 0.472 e. The van der Waals surface area contributed by atoms with Gasteiger partial charge >= 0.3 is 14.2 Å². The Morgan fingerprint density at radius 3 is 1.72 bits per heavy atom. The Morgan fingerprint density at radius 1 is 0.889 bits per heavy atom. The zero-order valence-electron chi connectivity index (χ0n) is 8.83. The van der Waals surface area contributed by atoms with Gasteiger partial charge in [-0.1, -0.05) is 0 Å². The summed E-state index contributed by atoms with van der Waals surface area (Å²) in [7, 11) is -2.74. The van der Waals surface area contributed by atoms with Crippen molar-refractivity contribution >= 4 is 81.7 Å². The molecule has 0 aliphatic carbocycles. The van der Waals surface area contributed by atoms with Crippen molar-refractivity contribution in [3.05, 3.63) is 30.4 Å². The molecule has 2 rings (SSSR count). The predicted octanol–water partition coefficient (Wildman–Crippen LogP) is -0.404. The fourth-order valence-electron chi connectivity index (χ4n) is 0.951. The van der Waals surface area contributed by atoms with Crippen LogP contribution >= 0.6 is 56.5 Å². The van der Waals surface area contributed by atoms with E-state index in [0.29, 0.717) is 10.9 Å². The molecule has 2 aromatic heterocycles. The molecule has 10 heteroatoms. The highest BCUT2D eigenvalue weighted by molar-refractivity contribution is 14.1. The van der Waals surface area contributed by atoms with Crippen molar-refractivity contribution in [2.75, 3.05) is 0 Å². The van der Waals surface area contributed by atoms with Gasteiger partial charge in [-0.25, -0.2) is 0 Å². The Hall–Kier alpha value is 0.410. The first-order valence-corrected chi connectivity index (χ1v) is 7.69. The molecule has 0 aliphatic rings. The summed E-state index contributed by atoms with van der Waals surface area (Å²) in [4.78, 5) is 0. The van der Waals surface area contributed by atoms with Gasteiger partial charge < -0.3 is 24.5 Å². The van der Waals surface area contributed by atoms with Gasteiger partial charge in [-0.3, -0.25) is 0 Å². The summed E-state index contributed by atoms with van der Waals surface area (Å²) in [5, 5.41) is 38.1. The maximum Gasteiger partial charge on any atom is 0.492 e. The molecule has 5 nitrogen and oxygen atoms in total. The number of hydrogen-bond donors (Lipinski definition) is 4. The summed E-state index contributed by atoms with van der Waals surface area (Å²) >= 11 is 5.49. The van der Waals surface area contributed by atoms with Crippen LogP contribution < -0.4 is 10.9 Å². The van der Waals surface area contributed by atoms with Crippen LogP contribution in [0.5, 0.6) is 0 Å². The third kappa shape index (κ3) is 4.83. The third-order valence-corrected chi connectivity index (χ3v) is 4.84. The first-order chi connectivity index (χ1) is 8.43. The van der Waals surface area contributed by atoms with E-state index >= 15 is 0 Å². The number of thiophene rings is 1. The lowest BCUT2D eigenvalue weighted by Crippen LogP contribution is -2.30. The average Bonchev–Trinajstić information content (AvgIpc) is 2.87. The second-order valence-electron chi connectivity index (χ2n) is 3.10. The highest BCUT2D eigenvalue weighted by atomic mass is 127. The lowest BCUT2D eigenvalue weighted by molar-refractivity contribution is 0.424. The Balaban J connectivity index is 0.000000180. The molecule has 0 radical (unpaired) electrons. The SMILES string of the molecule is OB(O)c1cocc1I.OB(O)c1cscc1I. The summed E-state index contributed by atoms with van der Waals surface area (Å²) in [6, 6.07) is 0. The first-order valence-electron chi connectivity index (χ1n) is 4.59. The van der Waals surface area contributed by atoms with Crippen LogP contribution in [-0.4, -0.2) is 34.3 Å². The molecular weight excluding hydrogens is 484 g/mol. The Kier molecular flexibility index (Phi) is 7.20. The van der Waals surface area contributed by atoms with Crippen LogP contribution in [0.25, 0.3) is 0 Å². The molecule has 0 spiro atoms. The minimum atomic E-state index is -1.42. The molecule has 0 atom stereocenters. The molecule has 96 valence electrons. The summed E-state index contributed by atoms with van der Waals surface area (Å²) in [5.74, 6) is 0. The summed E-state index contributed by atoms with van der Waals surface area (Å²) < 4.78 is 6.31. The van der Waals surface area contributed by atoms with E-state index in [2.05, 4.69) is 27.0 Å². The van der Waals surface area contributed by atoms with Gasteiger partial charge in [0.1, 0.15) is 6.26 Å². The van der Waals surface area contributed by atoms with E-state index in [-0.39, 0.29) is 0 Å². The van der Waals surface area contributed by atoms with Crippen LogP contribution in [0.4, 0.5) is 0 Å². The monoisotopic (exact) mass is 492 g/mol. The van der Waals surface area contributed by atoms with Gasteiger partial charge in [0.2, 0.25) is 0 Å². The Morgan fingerprint density at radius 2 is 1.50 bits per heavy atom. The van der Waals surface area contributed by atoms with Crippen molar-refractivity contribution < 1.29 is 24.5 Å². The fourth-order valence-corrected chi connectivity index (χ4v) is 3.31. The average molecular weight is 492 g/mol. The molecule has 2 heterocycles. The van der Waals surface area contributed by atoms with E-state index in [4.69, 9.17) is 20.1 Å². The molecular formula is C8H8B2I2O5S. The number of furan rings is 1. The lowest BCUT2D eigenvalue weighted by atomic mass is 9.83. The molecule has 0 fully saturated rings. The summed E-state index contributed by atoms with van der Waals surface area (Å²) in [5.41, 5.74) is 1.01. The Bertz CT molecular complexity index is 443. The second kappa shape index (κ2) is 7.87. The zero-order chi connectivity index (χ0) is 13.7. The minimum absolute atomic E-state index is 0.413. The maximum absolute atomic E-state index is 8.65. The van der Waals surface area contributed by atoms with Crippen LogP contribution in [0.2, 0.25) is 0 Å². The third-order valence-electron chi connectivity index (χ3n) is 1.84. The molecule has 0 aromatic carbocycles. The van der Waals surface area contributed by atoms with Crippen molar-refractivity contribution in [3.8, 4) is 0 Å². The predicted molar refractivity (Wildman–Crippen MR) is 88.1 cm³/mol. The van der Waals surface area contributed by atoms with Crippen molar-refractivity contribution in [3.63, 3.8) is 0 Å². The van der Waals surface area contributed by atoms with Gasteiger partial charge in [0.05, 0.1) is 9.83 Å². The van der Waals surface area contributed by atoms with Crippen molar-refractivity contribution in [1.82, 2.24) is 0 Å². The minimum Gasteiger partial charge on any atom is -0.472 e. The molecule has 2 aromatic rings. The fraction of sp³-hybridized carbons (Fsp3) is 0. The second-order valence-corrected chi connectivity index (χ2v) is 6.17. The first kappa shape index (κ1) is 16.5. The highest BCUT2D eigenvalue weighted by Gasteiger charge is 2.16.